The van der Waals surface area contributed by atoms with Gasteiger partial charge in [0, 0.05) is 30.3 Å². The minimum Gasteiger partial charge on any atom is -0.375 e. The second-order valence-corrected chi connectivity index (χ2v) is 4.24. The van der Waals surface area contributed by atoms with Gasteiger partial charge in [-0.2, -0.15) is 5.10 Å². The normalized spacial score (nSPS) is 17.1. The molecule has 4 nitrogen and oxygen atoms in total. The zero-order chi connectivity index (χ0) is 11.5. The number of halogens is 1. The Morgan fingerprint density at radius 2 is 2.25 bits per heavy atom. The fourth-order valence-corrected chi connectivity index (χ4v) is 1.90. The number of hydrazone groups is 1. The first-order valence-electron chi connectivity index (χ1n) is 4.83. The molecule has 0 atom stereocenters. The van der Waals surface area contributed by atoms with E-state index in [4.69, 9.17) is 29.7 Å². The Bertz CT molecular complexity index is 446. The molecule has 1 aliphatic heterocycles. The fraction of sp³-hybridized carbons (Fsp3) is 0.200. The number of para-hydroxylation sites is 1. The minimum atomic E-state index is 0.165. The summed E-state index contributed by atoms with van der Waals surface area (Å²) >= 11 is 10.8. The first kappa shape index (κ1) is 11.2. The summed E-state index contributed by atoms with van der Waals surface area (Å²) in [6.07, 6.45) is 0.760. The van der Waals surface area contributed by atoms with Crippen molar-refractivity contribution < 1.29 is 0 Å². The third kappa shape index (κ3) is 2.25. The van der Waals surface area contributed by atoms with Gasteiger partial charge in [-0.15, -0.1) is 0 Å². The van der Waals surface area contributed by atoms with Gasteiger partial charge in [-0.1, -0.05) is 18.2 Å². The Morgan fingerprint density at radius 3 is 3.00 bits per heavy atom. The molecule has 0 unspecified atom stereocenters. The maximum Gasteiger partial charge on any atom is 0.184 e. The third-order valence-corrected chi connectivity index (χ3v) is 2.76. The zero-order valence-electron chi connectivity index (χ0n) is 8.48. The molecular formula is C10H11ClN4S. The standard InChI is InChI=1S/C10H11ClN4S/c11-15-6-5-8(13-14-10(12)16)7-3-1-2-4-9(7)15/h1-4H,5-6H2,(H3,12,14,16). The van der Waals surface area contributed by atoms with Crippen molar-refractivity contribution in [1.29, 1.82) is 0 Å². The number of hydrogen-bond donors (Lipinski definition) is 2. The van der Waals surface area contributed by atoms with Crippen molar-refractivity contribution in [2.24, 2.45) is 10.8 Å². The lowest BCUT2D eigenvalue weighted by molar-refractivity contribution is 0.951. The van der Waals surface area contributed by atoms with Crippen LogP contribution in [0.15, 0.2) is 29.4 Å². The quantitative estimate of drug-likeness (QED) is 0.454. The molecule has 0 aliphatic carbocycles. The highest BCUT2D eigenvalue weighted by Gasteiger charge is 2.19. The summed E-state index contributed by atoms with van der Waals surface area (Å²) in [5.74, 6) is 0. The lowest BCUT2D eigenvalue weighted by atomic mass is 10.0. The van der Waals surface area contributed by atoms with E-state index in [2.05, 4.69) is 10.5 Å². The summed E-state index contributed by atoms with van der Waals surface area (Å²) in [7, 11) is 0. The first-order valence-corrected chi connectivity index (χ1v) is 5.58. The van der Waals surface area contributed by atoms with Crippen molar-refractivity contribution in [3.05, 3.63) is 29.8 Å². The molecular weight excluding hydrogens is 244 g/mol. The summed E-state index contributed by atoms with van der Waals surface area (Å²) in [4.78, 5) is 0. The zero-order valence-corrected chi connectivity index (χ0v) is 10.1. The van der Waals surface area contributed by atoms with Gasteiger partial charge < -0.3 is 5.73 Å². The van der Waals surface area contributed by atoms with E-state index >= 15 is 0 Å². The Hall–Kier alpha value is -1.33. The summed E-state index contributed by atoms with van der Waals surface area (Å²) in [5, 5.41) is 4.34. The Labute approximate surface area is 104 Å². The Balaban J connectivity index is 2.34. The molecule has 3 N–H and O–H groups in total. The van der Waals surface area contributed by atoms with Gasteiger partial charge in [0.05, 0.1) is 11.4 Å². The summed E-state index contributed by atoms with van der Waals surface area (Å²) in [6, 6.07) is 7.82. The van der Waals surface area contributed by atoms with Crippen LogP contribution in [0.4, 0.5) is 5.69 Å². The Morgan fingerprint density at radius 1 is 1.50 bits per heavy atom. The van der Waals surface area contributed by atoms with E-state index in [9.17, 15) is 0 Å². The van der Waals surface area contributed by atoms with Gasteiger partial charge in [-0.3, -0.25) is 9.84 Å². The smallest absolute Gasteiger partial charge is 0.184 e. The van der Waals surface area contributed by atoms with Crippen molar-refractivity contribution in [2.75, 3.05) is 11.0 Å². The molecule has 0 aromatic heterocycles. The van der Waals surface area contributed by atoms with Crippen molar-refractivity contribution in [1.82, 2.24) is 5.43 Å². The van der Waals surface area contributed by atoms with Gasteiger partial charge >= 0.3 is 0 Å². The molecule has 1 aromatic rings. The lowest BCUT2D eigenvalue weighted by Crippen LogP contribution is -2.29. The largest absolute Gasteiger partial charge is 0.375 e. The molecule has 0 bridgehead atoms. The van der Waals surface area contributed by atoms with Crippen LogP contribution in [0.2, 0.25) is 0 Å². The average molecular weight is 255 g/mol. The first-order chi connectivity index (χ1) is 7.68. The van der Waals surface area contributed by atoms with Crippen LogP contribution in [0.25, 0.3) is 0 Å². The van der Waals surface area contributed by atoms with Gasteiger partial charge in [-0.25, -0.2) is 0 Å². The number of anilines is 1. The topological polar surface area (TPSA) is 53.6 Å². The second kappa shape index (κ2) is 4.67. The summed E-state index contributed by atoms with van der Waals surface area (Å²) in [6.45, 7) is 0.719. The van der Waals surface area contributed by atoms with Crippen molar-refractivity contribution in [2.45, 2.75) is 6.42 Å². The molecule has 0 saturated carbocycles. The number of nitrogens with two attached hydrogens (primary N) is 1. The molecule has 0 radical (unpaired) electrons. The number of thiocarbonyl (C=S) groups is 1. The van der Waals surface area contributed by atoms with Crippen LogP contribution in [0.1, 0.15) is 12.0 Å². The molecule has 1 aliphatic rings. The summed E-state index contributed by atoms with van der Waals surface area (Å²) in [5.41, 5.74) is 10.8. The Kier molecular flexibility index (Phi) is 3.26. The number of hydrogen-bond acceptors (Lipinski definition) is 3. The van der Waals surface area contributed by atoms with Gasteiger partial charge in [0.25, 0.3) is 0 Å². The van der Waals surface area contributed by atoms with E-state index in [0.29, 0.717) is 0 Å². The highest BCUT2D eigenvalue weighted by atomic mass is 35.5. The number of fused-ring (bicyclic) bond motifs is 1. The molecule has 0 saturated heterocycles. The van der Waals surface area contributed by atoms with E-state index in [1.807, 2.05) is 24.3 Å². The maximum atomic E-state index is 6.08. The highest BCUT2D eigenvalue weighted by molar-refractivity contribution is 7.80. The van der Waals surface area contributed by atoms with Gasteiger partial charge in [0.1, 0.15) is 0 Å². The van der Waals surface area contributed by atoms with Crippen LogP contribution in [0, 0.1) is 0 Å². The number of rotatable bonds is 1. The molecule has 0 spiro atoms. The highest BCUT2D eigenvalue weighted by Crippen LogP contribution is 2.28. The molecule has 0 amide bonds. The molecule has 2 rings (SSSR count). The predicted molar refractivity (Wildman–Crippen MR) is 70.7 cm³/mol. The maximum absolute atomic E-state index is 6.08. The van der Waals surface area contributed by atoms with Crippen LogP contribution in [-0.2, 0) is 0 Å². The van der Waals surface area contributed by atoms with E-state index in [0.717, 1.165) is 29.9 Å². The van der Waals surface area contributed by atoms with Crippen LogP contribution in [0.3, 0.4) is 0 Å². The van der Waals surface area contributed by atoms with Gasteiger partial charge in [0.15, 0.2) is 5.11 Å². The van der Waals surface area contributed by atoms with Gasteiger partial charge in [0.2, 0.25) is 0 Å². The van der Waals surface area contributed by atoms with Crippen molar-refractivity contribution in [3.63, 3.8) is 0 Å². The van der Waals surface area contributed by atoms with E-state index < -0.39 is 0 Å². The van der Waals surface area contributed by atoms with E-state index in [1.165, 1.54) is 0 Å². The minimum absolute atomic E-state index is 0.165. The van der Waals surface area contributed by atoms with E-state index in [1.54, 1.807) is 4.42 Å². The number of benzene rings is 1. The van der Waals surface area contributed by atoms with Crippen LogP contribution >= 0.6 is 24.0 Å². The molecule has 1 heterocycles. The molecule has 6 heteroatoms. The van der Waals surface area contributed by atoms with Crippen molar-refractivity contribution >= 4 is 40.5 Å². The molecule has 84 valence electrons. The molecule has 1 aromatic carbocycles. The number of nitrogens with zero attached hydrogens (tertiary/aromatic N) is 2. The third-order valence-electron chi connectivity index (χ3n) is 2.32. The van der Waals surface area contributed by atoms with Crippen LogP contribution in [0.5, 0.6) is 0 Å². The predicted octanol–water partition coefficient (Wildman–Crippen LogP) is 1.59. The van der Waals surface area contributed by atoms with Crippen molar-refractivity contribution in [3.8, 4) is 0 Å². The lowest BCUT2D eigenvalue weighted by Gasteiger charge is -2.25. The van der Waals surface area contributed by atoms with Gasteiger partial charge in [-0.05, 0) is 18.3 Å². The average Bonchev–Trinajstić information content (AvgIpc) is 2.28. The fourth-order valence-electron chi connectivity index (χ4n) is 1.63. The van der Waals surface area contributed by atoms with Crippen LogP contribution in [-0.4, -0.2) is 17.4 Å². The monoisotopic (exact) mass is 254 g/mol. The molecule has 0 fully saturated rings. The SMILES string of the molecule is NC(=S)NN=C1CCN(Cl)c2ccccc21. The molecule has 16 heavy (non-hydrogen) atoms. The van der Waals surface area contributed by atoms with Crippen LogP contribution < -0.4 is 15.6 Å². The number of nitrogens with one attached hydrogen (secondary N) is 1. The van der Waals surface area contributed by atoms with E-state index in [-0.39, 0.29) is 5.11 Å². The second-order valence-electron chi connectivity index (χ2n) is 3.39. The summed E-state index contributed by atoms with van der Waals surface area (Å²) < 4.78 is 1.69.